The number of carbonyl (C=O) groups excluding carboxylic acids is 1. The molecule has 0 radical (unpaired) electrons. The van der Waals surface area contributed by atoms with E-state index in [-0.39, 0.29) is 29.7 Å². The molecule has 0 fully saturated rings. The van der Waals surface area contributed by atoms with Gasteiger partial charge in [0.25, 0.3) is 0 Å². The molecule has 0 saturated heterocycles. The molecule has 1 atom stereocenters. The van der Waals surface area contributed by atoms with Crippen molar-refractivity contribution >= 4 is 11.6 Å². The van der Waals surface area contributed by atoms with E-state index in [0.717, 1.165) is 25.0 Å². The number of alkyl halides is 3. The molecule has 7 heteroatoms. The predicted molar refractivity (Wildman–Crippen MR) is 99.6 cm³/mol. The van der Waals surface area contributed by atoms with E-state index in [4.69, 9.17) is 9.47 Å². The van der Waals surface area contributed by atoms with Crippen LogP contribution >= 0.6 is 0 Å². The molecule has 148 valence electrons. The number of methoxy groups -OCH3 is 1. The van der Waals surface area contributed by atoms with Crippen LogP contribution in [-0.4, -0.2) is 13.0 Å². The second-order valence-electron chi connectivity index (χ2n) is 6.51. The molecule has 2 aromatic carbocycles. The van der Waals surface area contributed by atoms with Crippen molar-refractivity contribution in [3.05, 3.63) is 60.2 Å². The lowest BCUT2D eigenvalue weighted by Gasteiger charge is -2.16. The lowest BCUT2D eigenvalue weighted by molar-refractivity contribution is -0.137. The zero-order valence-corrected chi connectivity index (χ0v) is 15.3. The van der Waals surface area contributed by atoms with E-state index in [0.29, 0.717) is 11.5 Å². The maximum absolute atomic E-state index is 13.1. The first kappa shape index (κ1) is 19.8. The molecule has 0 aliphatic heterocycles. The molecule has 0 heterocycles. The molecule has 1 amide bonds. The van der Waals surface area contributed by atoms with Gasteiger partial charge in [0.05, 0.1) is 18.4 Å². The number of anilines is 1. The molecule has 0 saturated carbocycles. The first-order chi connectivity index (χ1) is 13.3. The van der Waals surface area contributed by atoms with Crippen LogP contribution in [0.4, 0.5) is 18.9 Å². The van der Waals surface area contributed by atoms with Gasteiger partial charge in [-0.1, -0.05) is 18.2 Å². The Labute approximate surface area is 161 Å². The predicted octanol–water partition coefficient (Wildman–Crippen LogP) is 5.80. The number of nitrogens with one attached hydrogen (secondary N) is 1. The highest BCUT2D eigenvalue weighted by atomic mass is 19.4. The summed E-state index contributed by atoms with van der Waals surface area (Å²) in [5.74, 6) is 0.799. The minimum absolute atomic E-state index is 0.0235. The van der Waals surface area contributed by atoms with Crippen LogP contribution in [0.5, 0.6) is 17.2 Å². The minimum atomic E-state index is -4.53. The third kappa shape index (κ3) is 5.06. The summed E-state index contributed by atoms with van der Waals surface area (Å²) in [6.07, 6.45) is 1.42. The van der Waals surface area contributed by atoms with Gasteiger partial charge in [-0.15, -0.1) is 0 Å². The van der Waals surface area contributed by atoms with Crippen LogP contribution in [-0.2, 0) is 11.0 Å². The minimum Gasteiger partial charge on any atom is -0.497 e. The second-order valence-corrected chi connectivity index (χ2v) is 6.51. The normalized spacial score (nSPS) is 16.1. The molecule has 1 N–H and O–H groups in total. The topological polar surface area (TPSA) is 47.6 Å². The first-order valence-electron chi connectivity index (χ1n) is 8.85. The fourth-order valence-corrected chi connectivity index (χ4v) is 2.99. The van der Waals surface area contributed by atoms with Crippen LogP contribution in [0.2, 0.25) is 0 Å². The number of hydrogen-bond acceptors (Lipinski definition) is 3. The van der Waals surface area contributed by atoms with E-state index in [1.807, 2.05) is 12.2 Å². The molecule has 0 unspecified atom stereocenters. The first-order valence-corrected chi connectivity index (χ1v) is 8.85. The Bertz CT molecular complexity index is 877. The Morgan fingerprint density at radius 1 is 1.18 bits per heavy atom. The summed E-state index contributed by atoms with van der Waals surface area (Å²) < 4.78 is 50.2. The molecular weight excluding hydrogens is 371 g/mol. The van der Waals surface area contributed by atoms with Crippen molar-refractivity contribution in [2.75, 3.05) is 12.4 Å². The number of rotatable bonds is 6. The summed E-state index contributed by atoms with van der Waals surface area (Å²) in [5.41, 5.74) is -0.883. The average molecular weight is 391 g/mol. The Morgan fingerprint density at radius 2 is 1.96 bits per heavy atom. The number of benzene rings is 2. The standard InChI is InChI=1S/C21H20F3NO3/c1-27-16-7-4-8-17(13-16)28-19-10-9-15(21(22,23)24)12-18(19)25-20(26)11-14-5-2-3-6-14/h2,4-5,7-10,12-14H,3,6,11H2,1H3,(H,25,26)/t14-/m1/s1. The van der Waals surface area contributed by atoms with E-state index in [1.165, 1.54) is 13.2 Å². The largest absolute Gasteiger partial charge is 0.497 e. The molecule has 1 aliphatic carbocycles. The summed E-state index contributed by atoms with van der Waals surface area (Å²) in [4.78, 5) is 12.3. The molecular formula is C21H20F3NO3. The summed E-state index contributed by atoms with van der Waals surface area (Å²) in [7, 11) is 1.50. The number of carbonyl (C=O) groups is 1. The molecule has 0 aromatic heterocycles. The van der Waals surface area contributed by atoms with Crippen LogP contribution in [0.1, 0.15) is 24.8 Å². The quantitative estimate of drug-likeness (QED) is 0.633. The van der Waals surface area contributed by atoms with Gasteiger partial charge in [-0.25, -0.2) is 0 Å². The highest BCUT2D eigenvalue weighted by Crippen LogP contribution is 2.37. The van der Waals surface area contributed by atoms with Gasteiger partial charge in [-0.3, -0.25) is 4.79 Å². The van der Waals surface area contributed by atoms with Gasteiger partial charge in [0.1, 0.15) is 11.5 Å². The molecule has 28 heavy (non-hydrogen) atoms. The Kier molecular flexibility index (Phi) is 5.92. The third-order valence-electron chi connectivity index (χ3n) is 4.41. The van der Waals surface area contributed by atoms with Crippen molar-refractivity contribution < 1.29 is 27.4 Å². The van der Waals surface area contributed by atoms with E-state index in [2.05, 4.69) is 5.32 Å². The Hall–Kier alpha value is -2.96. The van der Waals surface area contributed by atoms with Crippen molar-refractivity contribution in [1.29, 1.82) is 0 Å². The molecule has 0 bridgehead atoms. The zero-order valence-electron chi connectivity index (χ0n) is 15.3. The van der Waals surface area contributed by atoms with Crippen LogP contribution in [0, 0.1) is 5.92 Å². The number of ether oxygens (including phenoxy) is 2. The molecule has 3 rings (SSSR count). The highest BCUT2D eigenvalue weighted by Gasteiger charge is 2.31. The lowest BCUT2D eigenvalue weighted by Crippen LogP contribution is -2.16. The Morgan fingerprint density at radius 3 is 2.64 bits per heavy atom. The Balaban J connectivity index is 1.85. The maximum atomic E-state index is 13.1. The van der Waals surface area contributed by atoms with Crippen molar-refractivity contribution in [2.45, 2.75) is 25.4 Å². The molecule has 1 aliphatic rings. The van der Waals surface area contributed by atoms with E-state index < -0.39 is 11.7 Å². The summed E-state index contributed by atoms with van der Waals surface area (Å²) in [6, 6.07) is 9.68. The maximum Gasteiger partial charge on any atom is 0.416 e. The van der Waals surface area contributed by atoms with Crippen LogP contribution in [0.3, 0.4) is 0 Å². The number of hydrogen-bond donors (Lipinski definition) is 1. The van der Waals surface area contributed by atoms with Gasteiger partial charge in [-0.05, 0) is 49.1 Å². The molecule has 2 aromatic rings. The SMILES string of the molecule is COc1cccc(Oc2ccc(C(F)(F)F)cc2NC(=O)C[C@@H]2C=CCC2)c1. The van der Waals surface area contributed by atoms with Gasteiger partial charge >= 0.3 is 6.18 Å². The van der Waals surface area contributed by atoms with E-state index in [9.17, 15) is 18.0 Å². The third-order valence-corrected chi connectivity index (χ3v) is 4.41. The van der Waals surface area contributed by atoms with Gasteiger partial charge in [0.2, 0.25) is 5.91 Å². The van der Waals surface area contributed by atoms with Crippen molar-refractivity contribution in [3.63, 3.8) is 0 Å². The van der Waals surface area contributed by atoms with Gasteiger partial charge in [-0.2, -0.15) is 13.2 Å². The number of allylic oxidation sites excluding steroid dienone is 2. The fraction of sp³-hybridized carbons (Fsp3) is 0.286. The summed E-state index contributed by atoms with van der Waals surface area (Å²) >= 11 is 0. The lowest BCUT2D eigenvalue weighted by atomic mass is 10.0. The van der Waals surface area contributed by atoms with Gasteiger partial charge < -0.3 is 14.8 Å². The number of amides is 1. The van der Waals surface area contributed by atoms with E-state index in [1.54, 1.807) is 24.3 Å². The highest BCUT2D eigenvalue weighted by molar-refractivity contribution is 5.92. The molecule has 0 spiro atoms. The van der Waals surface area contributed by atoms with Crippen molar-refractivity contribution in [1.82, 2.24) is 0 Å². The van der Waals surface area contributed by atoms with Gasteiger partial charge in [0.15, 0.2) is 5.75 Å². The monoisotopic (exact) mass is 391 g/mol. The fourth-order valence-electron chi connectivity index (χ4n) is 2.99. The average Bonchev–Trinajstić information content (AvgIpc) is 3.15. The zero-order chi connectivity index (χ0) is 20.1. The summed E-state index contributed by atoms with van der Waals surface area (Å²) in [6.45, 7) is 0. The smallest absolute Gasteiger partial charge is 0.416 e. The molecule has 4 nitrogen and oxygen atoms in total. The van der Waals surface area contributed by atoms with Crippen molar-refractivity contribution in [2.24, 2.45) is 5.92 Å². The second kappa shape index (κ2) is 8.37. The summed E-state index contributed by atoms with van der Waals surface area (Å²) in [5, 5.41) is 2.57. The van der Waals surface area contributed by atoms with Crippen LogP contribution in [0.15, 0.2) is 54.6 Å². The number of halogens is 3. The van der Waals surface area contributed by atoms with Crippen LogP contribution < -0.4 is 14.8 Å². The van der Waals surface area contributed by atoms with Crippen molar-refractivity contribution in [3.8, 4) is 17.2 Å². The van der Waals surface area contributed by atoms with E-state index >= 15 is 0 Å². The van der Waals surface area contributed by atoms with Crippen LogP contribution in [0.25, 0.3) is 0 Å². The van der Waals surface area contributed by atoms with Gasteiger partial charge in [0, 0.05) is 12.5 Å².